The number of esters is 1. The van der Waals surface area contributed by atoms with Crippen LogP contribution >= 0.6 is 0 Å². The van der Waals surface area contributed by atoms with Crippen molar-refractivity contribution in [1.82, 2.24) is 10.6 Å². The Bertz CT molecular complexity index is 560. The van der Waals surface area contributed by atoms with Gasteiger partial charge in [0.15, 0.2) is 6.10 Å². The van der Waals surface area contributed by atoms with Gasteiger partial charge in [0.05, 0.1) is 6.42 Å². The lowest BCUT2D eigenvalue weighted by molar-refractivity contribution is -0.153. The monoisotopic (exact) mass is 310 g/mol. The van der Waals surface area contributed by atoms with Gasteiger partial charge in [-0.2, -0.15) is 0 Å². The highest BCUT2D eigenvalue weighted by Crippen LogP contribution is 2.08. The van der Waals surface area contributed by atoms with Gasteiger partial charge in [-0.1, -0.05) is 18.2 Å². The third kappa shape index (κ3) is 5.90. The van der Waals surface area contributed by atoms with Gasteiger partial charge in [-0.25, -0.2) is 9.18 Å². The van der Waals surface area contributed by atoms with Crippen molar-refractivity contribution < 1.29 is 23.5 Å². The molecule has 0 bridgehead atoms. The molecule has 0 aliphatic carbocycles. The van der Waals surface area contributed by atoms with E-state index in [1.165, 1.54) is 25.1 Å². The molecule has 0 saturated heterocycles. The van der Waals surface area contributed by atoms with Crippen molar-refractivity contribution in [3.8, 4) is 0 Å². The minimum absolute atomic E-state index is 0.133. The number of amides is 3. The molecule has 1 atom stereocenters. The molecule has 0 aliphatic rings. The molecule has 0 heterocycles. The van der Waals surface area contributed by atoms with E-state index in [-0.39, 0.29) is 18.0 Å². The quantitative estimate of drug-likeness (QED) is 0.808. The lowest BCUT2D eigenvalue weighted by Crippen LogP contribution is -2.46. The maximum Gasteiger partial charge on any atom is 0.321 e. The third-order valence-electron chi connectivity index (χ3n) is 2.63. The maximum atomic E-state index is 13.4. The average Bonchev–Trinajstić information content (AvgIpc) is 2.40. The Morgan fingerprint density at radius 1 is 1.18 bits per heavy atom. The molecule has 1 aromatic rings. The van der Waals surface area contributed by atoms with Crippen LogP contribution in [-0.2, 0) is 20.7 Å². The Morgan fingerprint density at radius 2 is 1.82 bits per heavy atom. The molecule has 1 aromatic carbocycles. The number of benzene rings is 1. The normalized spacial score (nSPS) is 11.7. The summed E-state index contributed by atoms with van der Waals surface area (Å²) in [6, 6.07) is 4.99. The van der Waals surface area contributed by atoms with E-state index in [0.717, 1.165) is 0 Å². The molecule has 0 radical (unpaired) electrons. The number of hydrogen-bond acceptors (Lipinski definition) is 4. The van der Waals surface area contributed by atoms with Gasteiger partial charge in [0.2, 0.25) is 0 Å². The fourth-order valence-corrected chi connectivity index (χ4v) is 1.60. The van der Waals surface area contributed by atoms with Gasteiger partial charge in [0.1, 0.15) is 5.82 Å². The van der Waals surface area contributed by atoms with Crippen LogP contribution in [0.5, 0.6) is 0 Å². The molecule has 0 aromatic heterocycles. The summed E-state index contributed by atoms with van der Waals surface area (Å²) in [7, 11) is 0. The fourth-order valence-electron chi connectivity index (χ4n) is 1.60. The SMILES string of the molecule is CC(C)NC(=O)NC(=O)[C@H](C)OC(=O)Cc1ccccc1F. The number of imide groups is 1. The molecule has 0 aliphatic heterocycles. The first-order chi connectivity index (χ1) is 10.3. The fraction of sp³-hybridized carbons (Fsp3) is 0.400. The molecule has 1 rings (SSSR count). The van der Waals surface area contributed by atoms with E-state index in [2.05, 4.69) is 10.6 Å². The number of nitrogens with one attached hydrogen (secondary N) is 2. The van der Waals surface area contributed by atoms with Crippen LogP contribution < -0.4 is 10.6 Å². The second-order valence-electron chi connectivity index (χ2n) is 5.02. The van der Waals surface area contributed by atoms with Crippen molar-refractivity contribution in [2.45, 2.75) is 39.3 Å². The zero-order valence-corrected chi connectivity index (χ0v) is 12.7. The first-order valence-electron chi connectivity index (χ1n) is 6.84. The second kappa shape index (κ2) is 8.11. The van der Waals surface area contributed by atoms with Gasteiger partial charge in [-0.05, 0) is 32.4 Å². The Hall–Kier alpha value is -2.44. The second-order valence-corrected chi connectivity index (χ2v) is 5.02. The van der Waals surface area contributed by atoms with E-state index < -0.39 is 29.8 Å². The molecule has 3 amide bonds. The number of urea groups is 1. The molecular weight excluding hydrogens is 291 g/mol. The summed E-state index contributed by atoms with van der Waals surface area (Å²) in [5, 5.41) is 4.52. The van der Waals surface area contributed by atoms with Crippen LogP contribution in [0.25, 0.3) is 0 Å². The summed E-state index contributed by atoms with van der Waals surface area (Å²) in [6.45, 7) is 4.81. The molecule has 2 N–H and O–H groups in total. The highest BCUT2D eigenvalue weighted by Gasteiger charge is 2.20. The zero-order chi connectivity index (χ0) is 16.7. The van der Waals surface area contributed by atoms with Gasteiger partial charge in [-0.15, -0.1) is 0 Å². The standard InChI is InChI=1S/C15H19FN2O4/c1-9(2)17-15(21)18-14(20)10(3)22-13(19)8-11-6-4-5-7-12(11)16/h4-7,9-10H,8H2,1-3H3,(H2,17,18,20,21)/t10-/m0/s1. The van der Waals surface area contributed by atoms with E-state index in [1.807, 2.05) is 0 Å². The number of carbonyl (C=O) groups is 3. The van der Waals surface area contributed by atoms with Gasteiger partial charge < -0.3 is 10.1 Å². The van der Waals surface area contributed by atoms with Crippen LogP contribution in [0.15, 0.2) is 24.3 Å². The molecule has 6 nitrogen and oxygen atoms in total. The van der Waals surface area contributed by atoms with Gasteiger partial charge >= 0.3 is 12.0 Å². The van der Waals surface area contributed by atoms with Crippen LogP contribution in [0.4, 0.5) is 9.18 Å². The molecular formula is C15H19FN2O4. The Morgan fingerprint density at radius 3 is 2.41 bits per heavy atom. The highest BCUT2D eigenvalue weighted by molar-refractivity contribution is 5.97. The van der Waals surface area contributed by atoms with Gasteiger partial charge in [0, 0.05) is 6.04 Å². The van der Waals surface area contributed by atoms with Gasteiger partial charge in [-0.3, -0.25) is 14.9 Å². The minimum atomic E-state index is -1.16. The predicted octanol–water partition coefficient (Wildman–Crippen LogP) is 1.53. The summed E-state index contributed by atoms with van der Waals surface area (Å²) >= 11 is 0. The van der Waals surface area contributed by atoms with Crippen LogP contribution in [0.2, 0.25) is 0 Å². The molecule has 22 heavy (non-hydrogen) atoms. The van der Waals surface area contributed by atoms with Crippen LogP contribution in [0.1, 0.15) is 26.3 Å². The molecule has 120 valence electrons. The van der Waals surface area contributed by atoms with Crippen molar-refractivity contribution in [3.63, 3.8) is 0 Å². The zero-order valence-electron chi connectivity index (χ0n) is 12.7. The first-order valence-corrected chi connectivity index (χ1v) is 6.84. The van der Waals surface area contributed by atoms with E-state index >= 15 is 0 Å². The number of halogens is 1. The summed E-state index contributed by atoms with van der Waals surface area (Å²) < 4.78 is 18.3. The number of rotatable bonds is 5. The van der Waals surface area contributed by atoms with Crippen LogP contribution in [0.3, 0.4) is 0 Å². The Balaban J connectivity index is 2.48. The molecule has 0 saturated carbocycles. The molecule has 0 unspecified atom stereocenters. The predicted molar refractivity (Wildman–Crippen MR) is 77.5 cm³/mol. The van der Waals surface area contributed by atoms with Crippen LogP contribution in [-0.4, -0.2) is 30.1 Å². The van der Waals surface area contributed by atoms with Gasteiger partial charge in [0.25, 0.3) is 5.91 Å². The number of carbonyl (C=O) groups excluding carboxylic acids is 3. The summed E-state index contributed by atoms with van der Waals surface area (Å²) in [4.78, 5) is 34.7. The number of ether oxygens (including phenoxy) is 1. The highest BCUT2D eigenvalue weighted by atomic mass is 19.1. The topological polar surface area (TPSA) is 84.5 Å². The van der Waals surface area contributed by atoms with E-state index in [0.29, 0.717) is 0 Å². The minimum Gasteiger partial charge on any atom is -0.452 e. The molecule has 0 spiro atoms. The van der Waals surface area contributed by atoms with Crippen LogP contribution in [0, 0.1) is 5.82 Å². The van der Waals surface area contributed by atoms with Crippen molar-refractivity contribution in [1.29, 1.82) is 0 Å². The summed E-state index contributed by atoms with van der Waals surface area (Å²) in [5.41, 5.74) is 0.178. The lowest BCUT2D eigenvalue weighted by atomic mass is 10.1. The number of hydrogen-bond donors (Lipinski definition) is 2. The van der Waals surface area contributed by atoms with Crippen molar-refractivity contribution in [3.05, 3.63) is 35.6 Å². The Kier molecular flexibility index (Phi) is 6.49. The summed E-state index contributed by atoms with van der Waals surface area (Å²) in [6.07, 6.45) is -1.44. The van der Waals surface area contributed by atoms with E-state index in [9.17, 15) is 18.8 Å². The average molecular weight is 310 g/mol. The molecule has 7 heteroatoms. The largest absolute Gasteiger partial charge is 0.452 e. The maximum absolute atomic E-state index is 13.4. The van der Waals surface area contributed by atoms with Crippen molar-refractivity contribution in [2.24, 2.45) is 0 Å². The third-order valence-corrected chi connectivity index (χ3v) is 2.63. The lowest BCUT2D eigenvalue weighted by Gasteiger charge is -2.14. The van der Waals surface area contributed by atoms with E-state index in [1.54, 1.807) is 19.9 Å². The molecule has 0 fully saturated rings. The van der Waals surface area contributed by atoms with Crippen molar-refractivity contribution in [2.75, 3.05) is 0 Å². The smallest absolute Gasteiger partial charge is 0.321 e. The van der Waals surface area contributed by atoms with E-state index in [4.69, 9.17) is 4.74 Å². The van der Waals surface area contributed by atoms with Crippen molar-refractivity contribution >= 4 is 17.9 Å². The Labute approximate surface area is 128 Å². The summed E-state index contributed by atoms with van der Waals surface area (Å²) in [5.74, 6) is -2.02. The first kappa shape index (κ1) is 17.6.